The maximum Gasteiger partial charge on any atom is 0.173 e. The molecule has 0 saturated carbocycles. The lowest BCUT2D eigenvalue weighted by atomic mass is 10.0. The van der Waals surface area contributed by atoms with E-state index in [1.165, 1.54) is 0 Å². The third-order valence-electron chi connectivity index (χ3n) is 4.51. The van der Waals surface area contributed by atoms with Crippen molar-refractivity contribution in [3.05, 3.63) is 30.1 Å². The Morgan fingerprint density at radius 2 is 2.13 bits per heavy atom. The van der Waals surface area contributed by atoms with Crippen LogP contribution in [0.5, 0.6) is 0 Å². The first-order chi connectivity index (χ1) is 11.2. The zero-order valence-electron chi connectivity index (χ0n) is 14.2. The van der Waals surface area contributed by atoms with E-state index in [1.807, 2.05) is 18.3 Å². The maximum atomic E-state index is 6.20. The molecule has 1 aromatic heterocycles. The third-order valence-corrected chi connectivity index (χ3v) is 4.51. The van der Waals surface area contributed by atoms with Crippen molar-refractivity contribution in [2.75, 3.05) is 26.4 Å². The summed E-state index contributed by atoms with van der Waals surface area (Å²) in [4.78, 5) is 4.51. The van der Waals surface area contributed by atoms with E-state index in [9.17, 15) is 0 Å². The zero-order valence-corrected chi connectivity index (χ0v) is 14.2. The maximum absolute atomic E-state index is 6.20. The molecule has 2 aliphatic rings. The number of aromatic nitrogens is 1. The lowest BCUT2D eigenvalue weighted by molar-refractivity contribution is -0.210. The molecular weight excluding hydrogens is 292 g/mol. The Hall–Kier alpha value is -1.01. The van der Waals surface area contributed by atoms with Gasteiger partial charge in [-0.2, -0.15) is 0 Å². The van der Waals surface area contributed by atoms with Gasteiger partial charge in [0.15, 0.2) is 5.79 Å². The summed E-state index contributed by atoms with van der Waals surface area (Å²) in [5.74, 6) is 0.209. The molecule has 2 atom stereocenters. The van der Waals surface area contributed by atoms with Crippen LogP contribution in [0, 0.1) is 5.92 Å². The summed E-state index contributed by atoms with van der Waals surface area (Å²) < 4.78 is 17.6. The van der Waals surface area contributed by atoms with Gasteiger partial charge in [0.05, 0.1) is 31.6 Å². The van der Waals surface area contributed by atoms with Gasteiger partial charge in [0.25, 0.3) is 0 Å². The predicted molar refractivity (Wildman–Crippen MR) is 88.0 cm³/mol. The molecule has 2 saturated heterocycles. The van der Waals surface area contributed by atoms with Gasteiger partial charge in [0, 0.05) is 31.6 Å². The fourth-order valence-electron chi connectivity index (χ4n) is 3.30. The van der Waals surface area contributed by atoms with Crippen LogP contribution in [0.4, 0.5) is 0 Å². The highest BCUT2D eigenvalue weighted by Gasteiger charge is 2.42. The summed E-state index contributed by atoms with van der Waals surface area (Å²) >= 11 is 0. The molecule has 23 heavy (non-hydrogen) atoms. The van der Waals surface area contributed by atoms with Crippen LogP contribution in [0.25, 0.3) is 0 Å². The quantitative estimate of drug-likeness (QED) is 0.873. The highest BCUT2D eigenvalue weighted by atomic mass is 16.7. The number of hydrogen-bond donors (Lipinski definition) is 1. The van der Waals surface area contributed by atoms with E-state index in [-0.39, 0.29) is 12.1 Å². The molecule has 0 bridgehead atoms. The molecule has 5 heteroatoms. The number of ether oxygens (including phenoxy) is 3. The van der Waals surface area contributed by atoms with Crippen LogP contribution in [-0.2, 0) is 14.2 Å². The minimum absolute atomic E-state index is 0.103. The summed E-state index contributed by atoms with van der Waals surface area (Å²) in [6.07, 6.45) is 4.69. The van der Waals surface area contributed by atoms with Crippen LogP contribution in [0.1, 0.15) is 44.8 Å². The third kappa shape index (κ3) is 4.51. The molecule has 128 valence electrons. The van der Waals surface area contributed by atoms with Gasteiger partial charge >= 0.3 is 0 Å². The minimum Gasteiger partial charge on any atom is -0.381 e. The molecule has 0 aromatic carbocycles. The SMILES string of the molecule is CC(C)C[C@@H](NC[C@@H]1COC2(CCOCC2)O1)c1ccccn1. The Bertz CT molecular complexity index is 474. The van der Waals surface area contributed by atoms with Crippen LogP contribution in [0.3, 0.4) is 0 Å². The molecule has 3 heterocycles. The van der Waals surface area contributed by atoms with Gasteiger partial charge < -0.3 is 19.5 Å². The highest BCUT2D eigenvalue weighted by Crippen LogP contribution is 2.33. The average molecular weight is 320 g/mol. The van der Waals surface area contributed by atoms with Gasteiger partial charge in [-0.15, -0.1) is 0 Å². The van der Waals surface area contributed by atoms with Crippen LogP contribution >= 0.6 is 0 Å². The average Bonchev–Trinajstić information content (AvgIpc) is 2.95. The van der Waals surface area contributed by atoms with Gasteiger partial charge in [-0.05, 0) is 24.5 Å². The topological polar surface area (TPSA) is 52.6 Å². The van der Waals surface area contributed by atoms with Crippen molar-refractivity contribution in [3.63, 3.8) is 0 Å². The number of hydrogen-bond acceptors (Lipinski definition) is 5. The van der Waals surface area contributed by atoms with E-state index in [0.717, 1.165) is 44.7 Å². The fourth-order valence-corrected chi connectivity index (χ4v) is 3.30. The molecule has 2 fully saturated rings. The van der Waals surface area contributed by atoms with Crippen LogP contribution in [0.2, 0.25) is 0 Å². The molecule has 1 spiro atoms. The minimum atomic E-state index is -0.400. The van der Waals surface area contributed by atoms with E-state index >= 15 is 0 Å². The van der Waals surface area contributed by atoms with E-state index in [2.05, 4.69) is 30.2 Å². The standard InChI is InChI=1S/C18H28N2O3/c1-14(2)11-17(16-5-3-4-8-19-16)20-12-15-13-22-18(23-15)6-9-21-10-7-18/h3-5,8,14-15,17,20H,6-7,9-13H2,1-2H3/t15-,17-/m1/s1. The lowest BCUT2D eigenvalue weighted by Gasteiger charge is -2.32. The summed E-state index contributed by atoms with van der Waals surface area (Å²) in [6, 6.07) is 6.35. The molecule has 1 N–H and O–H groups in total. The van der Waals surface area contributed by atoms with Crippen molar-refractivity contribution >= 4 is 0 Å². The molecule has 2 aliphatic heterocycles. The van der Waals surface area contributed by atoms with E-state index < -0.39 is 5.79 Å². The van der Waals surface area contributed by atoms with E-state index in [0.29, 0.717) is 12.5 Å². The Labute approximate surface area is 138 Å². The first-order valence-electron chi connectivity index (χ1n) is 8.71. The number of pyridine rings is 1. The van der Waals surface area contributed by atoms with Crippen molar-refractivity contribution < 1.29 is 14.2 Å². The Morgan fingerprint density at radius 1 is 1.30 bits per heavy atom. The van der Waals surface area contributed by atoms with E-state index in [1.54, 1.807) is 0 Å². The van der Waals surface area contributed by atoms with Crippen LogP contribution in [-0.4, -0.2) is 43.2 Å². The number of rotatable bonds is 6. The second-order valence-corrected chi connectivity index (χ2v) is 6.92. The first-order valence-corrected chi connectivity index (χ1v) is 8.71. The Morgan fingerprint density at radius 3 is 2.83 bits per heavy atom. The second kappa shape index (κ2) is 7.71. The van der Waals surface area contributed by atoms with Gasteiger partial charge in [-0.1, -0.05) is 19.9 Å². The van der Waals surface area contributed by atoms with Gasteiger partial charge in [0.2, 0.25) is 0 Å². The summed E-state index contributed by atoms with van der Waals surface area (Å²) in [5, 5.41) is 3.63. The van der Waals surface area contributed by atoms with Crippen molar-refractivity contribution in [2.24, 2.45) is 5.92 Å². The Balaban J connectivity index is 1.55. The van der Waals surface area contributed by atoms with Crippen LogP contribution in [0.15, 0.2) is 24.4 Å². The smallest absolute Gasteiger partial charge is 0.173 e. The summed E-state index contributed by atoms with van der Waals surface area (Å²) in [7, 11) is 0. The molecular formula is C18H28N2O3. The summed E-state index contributed by atoms with van der Waals surface area (Å²) in [6.45, 7) is 7.38. The monoisotopic (exact) mass is 320 g/mol. The largest absolute Gasteiger partial charge is 0.381 e. The van der Waals surface area contributed by atoms with Crippen molar-refractivity contribution in [2.45, 2.75) is 51.0 Å². The van der Waals surface area contributed by atoms with E-state index in [4.69, 9.17) is 14.2 Å². The fraction of sp³-hybridized carbons (Fsp3) is 0.722. The normalized spacial score (nSPS) is 25.1. The first kappa shape index (κ1) is 16.8. The second-order valence-electron chi connectivity index (χ2n) is 6.92. The summed E-state index contributed by atoms with van der Waals surface area (Å²) in [5.41, 5.74) is 1.10. The molecule has 0 unspecified atom stereocenters. The lowest BCUT2D eigenvalue weighted by Crippen LogP contribution is -2.39. The van der Waals surface area contributed by atoms with Crippen LogP contribution < -0.4 is 5.32 Å². The highest BCUT2D eigenvalue weighted by molar-refractivity contribution is 5.09. The number of nitrogens with one attached hydrogen (secondary N) is 1. The molecule has 0 aliphatic carbocycles. The molecule has 5 nitrogen and oxygen atoms in total. The van der Waals surface area contributed by atoms with Crippen molar-refractivity contribution in [1.82, 2.24) is 10.3 Å². The zero-order chi connectivity index (χ0) is 16.1. The van der Waals surface area contributed by atoms with Gasteiger partial charge in [-0.3, -0.25) is 4.98 Å². The van der Waals surface area contributed by atoms with Gasteiger partial charge in [-0.25, -0.2) is 0 Å². The van der Waals surface area contributed by atoms with Crippen molar-refractivity contribution in [1.29, 1.82) is 0 Å². The molecule has 1 aromatic rings. The predicted octanol–water partition coefficient (Wildman–Crippen LogP) is 2.68. The molecule has 0 radical (unpaired) electrons. The molecule has 0 amide bonds. The number of nitrogens with zero attached hydrogens (tertiary/aromatic N) is 1. The van der Waals surface area contributed by atoms with Gasteiger partial charge in [0.1, 0.15) is 0 Å². The Kier molecular flexibility index (Phi) is 5.64. The van der Waals surface area contributed by atoms with Crippen molar-refractivity contribution in [3.8, 4) is 0 Å². The molecule has 3 rings (SSSR count).